The molecule has 0 aliphatic carbocycles. The maximum atomic E-state index is 13.2. The van der Waals surface area contributed by atoms with Crippen LogP contribution in [0.1, 0.15) is 16.2 Å². The van der Waals surface area contributed by atoms with Crippen LogP contribution in [0.4, 0.5) is 23.5 Å². The number of rotatable bonds is 2. The molecule has 2 aromatic rings. The number of hydrogen-bond donors (Lipinski definition) is 2. The van der Waals surface area contributed by atoms with Gasteiger partial charge < -0.3 is 0 Å². The Kier molecular flexibility index (Phi) is 3.19. The summed E-state index contributed by atoms with van der Waals surface area (Å²) in [6, 6.07) is 5.02. The van der Waals surface area contributed by atoms with Crippen molar-refractivity contribution in [2.45, 2.75) is 6.18 Å². The van der Waals surface area contributed by atoms with E-state index >= 15 is 0 Å². The Morgan fingerprint density at radius 1 is 1.26 bits per heavy atom. The molecule has 1 amide bonds. The van der Waals surface area contributed by atoms with Gasteiger partial charge in [0, 0.05) is 0 Å². The number of halogens is 4. The monoisotopic (exact) mass is 274 g/mol. The standard InChI is InChI=1S/C10H6F4N4O/c11-6-4-2-1-3-5(6)7(19)15-9-16-8(17-18-9)10(12,13)14/h1-4H,(H2,15,16,17,18,19). The van der Waals surface area contributed by atoms with Crippen molar-refractivity contribution in [1.29, 1.82) is 0 Å². The van der Waals surface area contributed by atoms with Gasteiger partial charge in [-0.2, -0.15) is 18.2 Å². The number of benzene rings is 1. The third-order valence-corrected chi connectivity index (χ3v) is 2.10. The van der Waals surface area contributed by atoms with Crippen molar-refractivity contribution in [3.05, 3.63) is 41.5 Å². The average molecular weight is 274 g/mol. The van der Waals surface area contributed by atoms with E-state index in [1.165, 1.54) is 18.2 Å². The van der Waals surface area contributed by atoms with Crippen LogP contribution in [0.3, 0.4) is 0 Å². The quantitative estimate of drug-likeness (QED) is 0.825. The van der Waals surface area contributed by atoms with E-state index in [9.17, 15) is 22.4 Å². The van der Waals surface area contributed by atoms with Crippen molar-refractivity contribution in [1.82, 2.24) is 15.2 Å². The minimum atomic E-state index is -4.70. The van der Waals surface area contributed by atoms with Gasteiger partial charge >= 0.3 is 6.18 Å². The summed E-state index contributed by atoms with van der Waals surface area (Å²) >= 11 is 0. The van der Waals surface area contributed by atoms with Gasteiger partial charge in [-0.05, 0) is 12.1 Å². The number of nitrogens with one attached hydrogen (secondary N) is 2. The van der Waals surface area contributed by atoms with Gasteiger partial charge in [0.15, 0.2) is 0 Å². The molecule has 0 saturated heterocycles. The van der Waals surface area contributed by atoms with Crippen molar-refractivity contribution < 1.29 is 22.4 Å². The Morgan fingerprint density at radius 3 is 2.53 bits per heavy atom. The van der Waals surface area contributed by atoms with E-state index in [0.29, 0.717) is 0 Å². The molecule has 0 bridgehead atoms. The second-order valence-corrected chi connectivity index (χ2v) is 3.44. The molecule has 0 aliphatic heterocycles. The fourth-order valence-corrected chi connectivity index (χ4v) is 1.26. The summed E-state index contributed by atoms with van der Waals surface area (Å²) in [5.41, 5.74) is -0.319. The summed E-state index contributed by atoms with van der Waals surface area (Å²) in [6.07, 6.45) is -4.70. The number of anilines is 1. The van der Waals surface area contributed by atoms with E-state index in [4.69, 9.17) is 0 Å². The van der Waals surface area contributed by atoms with Crippen LogP contribution in [0.2, 0.25) is 0 Å². The molecule has 19 heavy (non-hydrogen) atoms. The normalized spacial score (nSPS) is 11.4. The minimum Gasteiger partial charge on any atom is -0.289 e. The molecular weight excluding hydrogens is 268 g/mol. The number of amides is 1. The number of H-pyrrole nitrogens is 1. The Balaban J connectivity index is 2.16. The molecule has 0 fully saturated rings. The Bertz CT molecular complexity index is 608. The van der Waals surface area contributed by atoms with Crippen LogP contribution in [0.25, 0.3) is 0 Å². The highest BCUT2D eigenvalue weighted by molar-refractivity contribution is 6.03. The summed E-state index contributed by atoms with van der Waals surface area (Å²) < 4.78 is 49.9. The number of alkyl halides is 3. The zero-order chi connectivity index (χ0) is 14.0. The van der Waals surface area contributed by atoms with Crippen LogP contribution in [0.5, 0.6) is 0 Å². The first-order chi connectivity index (χ1) is 8.88. The van der Waals surface area contributed by atoms with E-state index < -0.39 is 29.7 Å². The van der Waals surface area contributed by atoms with Gasteiger partial charge in [-0.15, -0.1) is 5.10 Å². The number of aromatic nitrogens is 3. The van der Waals surface area contributed by atoms with Crippen molar-refractivity contribution in [2.24, 2.45) is 0 Å². The molecule has 0 unspecified atom stereocenters. The van der Waals surface area contributed by atoms with Crippen LogP contribution >= 0.6 is 0 Å². The first-order valence-electron chi connectivity index (χ1n) is 4.93. The first kappa shape index (κ1) is 13.0. The van der Waals surface area contributed by atoms with Crippen molar-refractivity contribution >= 4 is 11.9 Å². The number of aromatic amines is 1. The lowest BCUT2D eigenvalue weighted by Gasteiger charge is -2.02. The lowest BCUT2D eigenvalue weighted by molar-refractivity contribution is -0.144. The van der Waals surface area contributed by atoms with E-state index in [0.717, 1.165) is 6.07 Å². The number of carbonyl (C=O) groups is 1. The zero-order valence-corrected chi connectivity index (χ0v) is 9.12. The predicted molar refractivity (Wildman–Crippen MR) is 55.7 cm³/mol. The summed E-state index contributed by atoms with van der Waals surface area (Å²) in [4.78, 5) is 14.6. The Morgan fingerprint density at radius 2 is 1.95 bits per heavy atom. The molecule has 0 aliphatic rings. The third-order valence-electron chi connectivity index (χ3n) is 2.10. The van der Waals surface area contributed by atoms with E-state index in [1.54, 1.807) is 5.10 Å². The van der Waals surface area contributed by atoms with Gasteiger partial charge in [0.25, 0.3) is 5.91 Å². The van der Waals surface area contributed by atoms with Crippen molar-refractivity contribution in [3.63, 3.8) is 0 Å². The van der Waals surface area contributed by atoms with Crippen LogP contribution in [-0.4, -0.2) is 21.1 Å². The van der Waals surface area contributed by atoms with Crippen LogP contribution in [-0.2, 0) is 6.18 Å². The Hall–Kier alpha value is -2.45. The smallest absolute Gasteiger partial charge is 0.289 e. The van der Waals surface area contributed by atoms with E-state index in [2.05, 4.69) is 10.1 Å². The SMILES string of the molecule is O=C(Nc1n[nH]c(C(F)(F)F)n1)c1ccccc1F. The molecule has 1 heterocycles. The highest BCUT2D eigenvalue weighted by Gasteiger charge is 2.35. The molecule has 2 N–H and O–H groups in total. The summed E-state index contributed by atoms with van der Waals surface area (Å²) in [5, 5.41) is 6.75. The summed E-state index contributed by atoms with van der Waals surface area (Å²) in [5.74, 6) is -3.67. The second-order valence-electron chi connectivity index (χ2n) is 3.44. The Labute approximate surface area is 103 Å². The van der Waals surface area contributed by atoms with Crippen LogP contribution in [0, 0.1) is 5.82 Å². The fourth-order valence-electron chi connectivity index (χ4n) is 1.26. The molecule has 0 spiro atoms. The highest BCUT2D eigenvalue weighted by Crippen LogP contribution is 2.26. The summed E-state index contributed by atoms with van der Waals surface area (Å²) in [6.45, 7) is 0. The van der Waals surface area contributed by atoms with Gasteiger partial charge in [0.05, 0.1) is 5.56 Å². The maximum absolute atomic E-state index is 13.2. The number of carbonyl (C=O) groups excluding carboxylic acids is 1. The maximum Gasteiger partial charge on any atom is 0.451 e. The number of nitrogens with zero attached hydrogens (tertiary/aromatic N) is 2. The zero-order valence-electron chi connectivity index (χ0n) is 9.12. The minimum absolute atomic E-state index is 0.319. The molecule has 2 rings (SSSR count). The van der Waals surface area contributed by atoms with Crippen molar-refractivity contribution in [3.8, 4) is 0 Å². The molecule has 1 aromatic heterocycles. The molecule has 0 saturated carbocycles. The largest absolute Gasteiger partial charge is 0.451 e. The summed E-state index contributed by atoms with van der Waals surface area (Å²) in [7, 11) is 0. The molecule has 1 aromatic carbocycles. The van der Waals surface area contributed by atoms with Gasteiger partial charge in [0.2, 0.25) is 11.8 Å². The van der Waals surface area contributed by atoms with Gasteiger partial charge in [0.1, 0.15) is 5.82 Å². The molecule has 5 nitrogen and oxygen atoms in total. The second kappa shape index (κ2) is 4.67. The third kappa shape index (κ3) is 2.87. The number of hydrogen-bond acceptors (Lipinski definition) is 3. The predicted octanol–water partition coefficient (Wildman–Crippen LogP) is 2.21. The van der Waals surface area contributed by atoms with E-state index in [-0.39, 0.29) is 5.56 Å². The highest BCUT2D eigenvalue weighted by atomic mass is 19.4. The molecule has 0 atom stereocenters. The van der Waals surface area contributed by atoms with Crippen LogP contribution < -0.4 is 5.32 Å². The molecule has 100 valence electrons. The lowest BCUT2D eigenvalue weighted by atomic mass is 10.2. The topological polar surface area (TPSA) is 70.7 Å². The first-order valence-corrected chi connectivity index (χ1v) is 4.93. The van der Waals surface area contributed by atoms with Gasteiger partial charge in [-0.1, -0.05) is 12.1 Å². The molecule has 9 heteroatoms. The van der Waals surface area contributed by atoms with Gasteiger partial charge in [-0.25, -0.2) is 4.39 Å². The lowest BCUT2D eigenvalue weighted by Crippen LogP contribution is -2.15. The molecule has 0 radical (unpaired) electrons. The van der Waals surface area contributed by atoms with Crippen LogP contribution in [0.15, 0.2) is 24.3 Å². The van der Waals surface area contributed by atoms with Gasteiger partial charge in [-0.3, -0.25) is 15.2 Å². The average Bonchev–Trinajstić information content (AvgIpc) is 2.77. The van der Waals surface area contributed by atoms with E-state index in [1.807, 2.05) is 5.32 Å². The fraction of sp³-hybridized carbons (Fsp3) is 0.100. The molecular formula is C10H6F4N4O. The van der Waals surface area contributed by atoms with Crippen molar-refractivity contribution in [2.75, 3.05) is 5.32 Å².